The average Bonchev–Trinajstić information content (AvgIpc) is 3.07. The van der Waals surface area contributed by atoms with Crippen LogP contribution < -0.4 is 10.1 Å². The summed E-state index contributed by atoms with van der Waals surface area (Å²) in [4.78, 5) is 13.7. The lowest BCUT2D eigenvalue weighted by atomic mass is 10.0. The van der Waals surface area contributed by atoms with E-state index < -0.39 is 0 Å². The van der Waals surface area contributed by atoms with Crippen LogP contribution in [0.25, 0.3) is 0 Å². The Morgan fingerprint density at radius 2 is 1.96 bits per heavy atom. The summed E-state index contributed by atoms with van der Waals surface area (Å²) < 4.78 is 11.2. The number of piperidine rings is 1. The number of hydrogen-bond acceptors (Lipinski definition) is 6. The van der Waals surface area contributed by atoms with Gasteiger partial charge in [-0.2, -0.15) is 0 Å². The topological polar surface area (TPSA) is 80.5 Å². The van der Waals surface area contributed by atoms with Crippen LogP contribution in [0, 0.1) is 6.92 Å². The molecule has 7 nitrogen and oxygen atoms in total. The van der Waals surface area contributed by atoms with E-state index in [-0.39, 0.29) is 18.6 Å². The first-order chi connectivity index (χ1) is 12.2. The van der Waals surface area contributed by atoms with Crippen molar-refractivity contribution in [2.75, 3.05) is 26.7 Å². The van der Waals surface area contributed by atoms with Crippen LogP contribution in [0.15, 0.2) is 28.7 Å². The smallest absolute Gasteiger partial charge is 0.257 e. The summed E-state index contributed by atoms with van der Waals surface area (Å²) in [5, 5.41) is 10.8. The lowest BCUT2D eigenvalue weighted by Crippen LogP contribution is -2.34. The van der Waals surface area contributed by atoms with Gasteiger partial charge >= 0.3 is 0 Å². The van der Waals surface area contributed by atoms with Gasteiger partial charge in [-0.25, -0.2) is 0 Å². The van der Waals surface area contributed by atoms with Crippen molar-refractivity contribution in [2.24, 2.45) is 0 Å². The van der Waals surface area contributed by atoms with E-state index in [4.69, 9.17) is 9.15 Å². The standard InChI is InChI=1S/C18H24N4O3/c1-13-20-21-18(25-13)17(22-10-4-3-5-11-22)14-6-8-15(9-7-14)24-12-16(23)19-2/h6-9,17H,3-5,10-12H2,1-2H3,(H,19,23). The number of rotatable bonds is 6. The Balaban J connectivity index is 1.79. The van der Waals surface area contributed by atoms with E-state index in [1.165, 1.54) is 19.3 Å². The zero-order valence-electron chi connectivity index (χ0n) is 14.7. The molecule has 1 amide bonds. The van der Waals surface area contributed by atoms with E-state index in [1.54, 1.807) is 14.0 Å². The summed E-state index contributed by atoms with van der Waals surface area (Å²) in [5.74, 6) is 1.70. The number of benzene rings is 1. The van der Waals surface area contributed by atoms with E-state index >= 15 is 0 Å². The first-order valence-corrected chi connectivity index (χ1v) is 8.65. The predicted molar refractivity (Wildman–Crippen MR) is 92.3 cm³/mol. The third-order valence-corrected chi connectivity index (χ3v) is 4.38. The Labute approximate surface area is 147 Å². The van der Waals surface area contributed by atoms with Gasteiger partial charge in [0.05, 0.1) is 0 Å². The zero-order valence-corrected chi connectivity index (χ0v) is 14.7. The minimum atomic E-state index is -0.156. The number of amides is 1. The monoisotopic (exact) mass is 344 g/mol. The number of likely N-dealkylation sites (tertiary alicyclic amines) is 1. The second-order valence-electron chi connectivity index (χ2n) is 6.19. The molecule has 1 aliphatic heterocycles. The van der Waals surface area contributed by atoms with E-state index in [9.17, 15) is 4.79 Å². The maximum absolute atomic E-state index is 11.3. The van der Waals surface area contributed by atoms with E-state index in [1.807, 2.05) is 24.3 Å². The van der Waals surface area contributed by atoms with Gasteiger partial charge in [0.25, 0.3) is 5.91 Å². The number of carbonyl (C=O) groups excluding carboxylic acids is 1. The molecule has 1 unspecified atom stereocenters. The van der Waals surface area contributed by atoms with Crippen LogP contribution in [0.1, 0.15) is 42.6 Å². The number of likely N-dealkylation sites (N-methyl/N-ethyl adjacent to an activating group) is 1. The van der Waals surface area contributed by atoms with Gasteiger partial charge in [-0.3, -0.25) is 9.69 Å². The molecule has 3 rings (SSSR count). The highest BCUT2D eigenvalue weighted by Gasteiger charge is 2.28. The van der Waals surface area contributed by atoms with Crippen molar-refractivity contribution in [3.63, 3.8) is 0 Å². The highest BCUT2D eigenvalue weighted by molar-refractivity contribution is 5.77. The molecular formula is C18H24N4O3. The Hall–Kier alpha value is -2.41. The molecule has 1 saturated heterocycles. The lowest BCUT2D eigenvalue weighted by molar-refractivity contribution is -0.122. The van der Waals surface area contributed by atoms with Crippen molar-refractivity contribution in [3.05, 3.63) is 41.6 Å². The number of nitrogens with zero attached hydrogens (tertiary/aromatic N) is 3. The van der Waals surface area contributed by atoms with Gasteiger partial charge in [-0.15, -0.1) is 10.2 Å². The minimum absolute atomic E-state index is 0.00819. The van der Waals surface area contributed by atoms with Crippen LogP contribution in [0.5, 0.6) is 5.75 Å². The number of nitrogens with one attached hydrogen (secondary N) is 1. The molecule has 2 aromatic rings. The van der Waals surface area contributed by atoms with Crippen LogP contribution in [-0.2, 0) is 4.79 Å². The van der Waals surface area contributed by atoms with Gasteiger partial charge in [-0.05, 0) is 43.6 Å². The Bertz CT molecular complexity index is 693. The summed E-state index contributed by atoms with van der Waals surface area (Å²) in [6.45, 7) is 3.84. The summed E-state index contributed by atoms with van der Waals surface area (Å²) >= 11 is 0. The molecule has 1 atom stereocenters. The van der Waals surface area contributed by atoms with Crippen LogP contribution in [0.2, 0.25) is 0 Å². The van der Waals surface area contributed by atoms with Gasteiger partial charge < -0.3 is 14.5 Å². The predicted octanol–water partition coefficient (Wildman–Crippen LogP) is 2.08. The van der Waals surface area contributed by atoms with Crippen LogP contribution >= 0.6 is 0 Å². The van der Waals surface area contributed by atoms with Crippen molar-refractivity contribution >= 4 is 5.91 Å². The normalized spacial score (nSPS) is 16.4. The second kappa shape index (κ2) is 8.11. The molecule has 1 N–H and O–H groups in total. The molecule has 25 heavy (non-hydrogen) atoms. The van der Waals surface area contributed by atoms with E-state index in [2.05, 4.69) is 20.4 Å². The maximum atomic E-state index is 11.3. The summed E-state index contributed by atoms with van der Waals surface area (Å²) in [7, 11) is 1.59. The quantitative estimate of drug-likeness (QED) is 0.864. The molecule has 1 aromatic heterocycles. The molecule has 0 bridgehead atoms. The summed E-state index contributed by atoms with van der Waals surface area (Å²) in [6.07, 6.45) is 3.62. The summed E-state index contributed by atoms with van der Waals surface area (Å²) in [6, 6.07) is 7.70. The SMILES string of the molecule is CNC(=O)COc1ccc(C(c2nnc(C)o2)N2CCCCC2)cc1. The molecule has 0 spiro atoms. The fourth-order valence-electron chi connectivity index (χ4n) is 3.08. The van der Waals surface area contributed by atoms with Gasteiger partial charge in [0.1, 0.15) is 11.8 Å². The second-order valence-corrected chi connectivity index (χ2v) is 6.19. The number of aryl methyl sites for hydroxylation is 1. The average molecular weight is 344 g/mol. The van der Waals surface area contributed by atoms with Crippen molar-refractivity contribution in [1.29, 1.82) is 0 Å². The maximum Gasteiger partial charge on any atom is 0.257 e. The molecule has 2 heterocycles. The first kappa shape index (κ1) is 17.4. The first-order valence-electron chi connectivity index (χ1n) is 8.65. The van der Waals surface area contributed by atoms with Crippen molar-refractivity contribution in [2.45, 2.75) is 32.2 Å². The van der Waals surface area contributed by atoms with Gasteiger partial charge in [0, 0.05) is 14.0 Å². The molecule has 1 aromatic carbocycles. The molecule has 0 saturated carbocycles. The third kappa shape index (κ3) is 4.36. The molecule has 0 aliphatic carbocycles. The molecule has 1 fully saturated rings. The minimum Gasteiger partial charge on any atom is -0.484 e. The van der Waals surface area contributed by atoms with E-state index in [0.29, 0.717) is 17.5 Å². The third-order valence-electron chi connectivity index (χ3n) is 4.38. The zero-order chi connectivity index (χ0) is 17.6. The van der Waals surface area contributed by atoms with Crippen LogP contribution in [0.4, 0.5) is 0 Å². The molecular weight excluding hydrogens is 320 g/mol. The van der Waals surface area contributed by atoms with Crippen molar-refractivity contribution < 1.29 is 13.9 Å². The van der Waals surface area contributed by atoms with Crippen LogP contribution in [0.3, 0.4) is 0 Å². The molecule has 0 radical (unpaired) electrons. The number of hydrogen-bond donors (Lipinski definition) is 1. The highest BCUT2D eigenvalue weighted by atomic mass is 16.5. The van der Waals surface area contributed by atoms with Gasteiger partial charge in [0.2, 0.25) is 11.8 Å². The summed E-state index contributed by atoms with van der Waals surface area (Å²) in [5.41, 5.74) is 1.08. The molecule has 1 aliphatic rings. The van der Waals surface area contributed by atoms with Gasteiger partial charge in [-0.1, -0.05) is 18.6 Å². The fraction of sp³-hybridized carbons (Fsp3) is 0.500. The van der Waals surface area contributed by atoms with Crippen LogP contribution in [-0.4, -0.2) is 47.7 Å². The number of aromatic nitrogens is 2. The number of carbonyl (C=O) groups is 1. The Morgan fingerprint density at radius 1 is 1.24 bits per heavy atom. The fourth-order valence-corrected chi connectivity index (χ4v) is 3.08. The van der Waals surface area contributed by atoms with Gasteiger partial charge in [0.15, 0.2) is 6.61 Å². The van der Waals surface area contributed by atoms with E-state index in [0.717, 1.165) is 18.7 Å². The largest absolute Gasteiger partial charge is 0.484 e. The molecule has 134 valence electrons. The lowest BCUT2D eigenvalue weighted by Gasteiger charge is -2.32. The number of ether oxygens (including phenoxy) is 1. The van der Waals surface area contributed by atoms with Crippen molar-refractivity contribution in [1.82, 2.24) is 20.4 Å². The van der Waals surface area contributed by atoms with Crippen molar-refractivity contribution in [3.8, 4) is 5.75 Å². The Kier molecular flexibility index (Phi) is 5.65. The molecule has 7 heteroatoms. The Morgan fingerprint density at radius 3 is 2.56 bits per heavy atom. The highest BCUT2D eigenvalue weighted by Crippen LogP contribution is 2.31.